The molecular formula is C11H8ClN3O. The molecule has 80 valence electrons. The lowest BCUT2D eigenvalue weighted by atomic mass is 10.2. The maximum absolute atomic E-state index is 10.8. The quantitative estimate of drug-likeness (QED) is 0.828. The van der Waals surface area contributed by atoms with Crippen molar-refractivity contribution < 1.29 is 4.79 Å². The van der Waals surface area contributed by atoms with Crippen molar-refractivity contribution in [2.75, 3.05) is 5.32 Å². The second-order valence-corrected chi connectivity index (χ2v) is 3.45. The van der Waals surface area contributed by atoms with Crippen molar-refractivity contribution in [3.05, 3.63) is 48.5 Å². The van der Waals surface area contributed by atoms with Crippen molar-refractivity contribution in [2.24, 2.45) is 0 Å². The minimum Gasteiger partial charge on any atom is -0.353 e. The number of nitrogens with one attached hydrogen (secondary N) is 1. The molecule has 0 saturated heterocycles. The SMILES string of the molecule is O=C(Cl)c1ccc(Nc2cncnc2)cc1. The largest absolute Gasteiger partial charge is 0.353 e. The molecule has 0 bridgehead atoms. The molecule has 0 atom stereocenters. The molecule has 0 aliphatic rings. The van der Waals surface area contributed by atoms with Gasteiger partial charge in [-0.05, 0) is 35.9 Å². The number of rotatable bonds is 3. The van der Waals surface area contributed by atoms with E-state index in [4.69, 9.17) is 11.6 Å². The zero-order chi connectivity index (χ0) is 11.4. The van der Waals surface area contributed by atoms with Crippen molar-refractivity contribution in [3.8, 4) is 0 Å². The number of carbonyl (C=O) groups is 1. The average molecular weight is 234 g/mol. The van der Waals surface area contributed by atoms with Gasteiger partial charge in [0.25, 0.3) is 5.24 Å². The minimum atomic E-state index is -0.463. The van der Waals surface area contributed by atoms with Gasteiger partial charge in [-0.25, -0.2) is 9.97 Å². The highest BCUT2D eigenvalue weighted by molar-refractivity contribution is 6.67. The molecule has 1 N–H and O–H groups in total. The van der Waals surface area contributed by atoms with Gasteiger partial charge < -0.3 is 5.32 Å². The Hall–Kier alpha value is -1.94. The van der Waals surface area contributed by atoms with Gasteiger partial charge >= 0.3 is 0 Å². The smallest absolute Gasteiger partial charge is 0.252 e. The summed E-state index contributed by atoms with van der Waals surface area (Å²) in [5, 5.41) is 2.63. The third kappa shape index (κ3) is 2.55. The summed E-state index contributed by atoms with van der Waals surface area (Å²) in [4.78, 5) is 18.6. The lowest BCUT2D eigenvalue weighted by Gasteiger charge is -2.04. The summed E-state index contributed by atoms with van der Waals surface area (Å²) in [6.45, 7) is 0. The standard InChI is InChI=1S/C11H8ClN3O/c12-11(16)8-1-3-9(4-2-8)15-10-5-13-7-14-6-10/h1-7,15H. The predicted molar refractivity (Wildman–Crippen MR) is 61.9 cm³/mol. The van der Waals surface area contributed by atoms with Gasteiger partial charge in [0.2, 0.25) is 0 Å². The number of benzene rings is 1. The third-order valence-electron chi connectivity index (χ3n) is 1.96. The summed E-state index contributed by atoms with van der Waals surface area (Å²) in [7, 11) is 0. The predicted octanol–water partition coefficient (Wildman–Crippen LogP) is 2.60. The highest BCUT2D eigenvalue weighted by Crippen LogP contribution is 2.15. The minimum absolute atomic E-state index is 0.463. The van der Waals surface area contributed by atoms with Crippen molar-refractivity contribution in [2.45, 2.75) is 0 Å². The number of hydrogen-bond acceptors (Lipinski definition) is 4. The fourth-order valence-electron chi connectivity index (χ4n) is 1.21. The maximum Gasteiger partial charge on any atom is 0.252 e. The first-order chi connectivity index (χ1) is 7.75. The Bertz CT molecular complexity index is 484. The van der Waals surface area contributed by atoms with Gasteiger partial charge in [-0.1, -0.05) is 0 Å². The number of carbonyl (C=O) groups excluding carboxylic acids is 1. The molecule has 0 amide bonds. The Morgan fingerprint density at radius 3 is 2.25 bits per heavy atom. The summed E-state index contributed by atoms with van der Waals surface area (Å²) in [5.74, 6) is 0. The highest BCUT2D eigenvalue weighted by atomic mass is 35.5. The summed E-state index contributed by atoms with van der Waals surface area (Å²) < 4.78 is 0. The molecule has 0 unspecified atom stereocenters. The molecule has 0 radical (unpaired) electrons. The van der Waals surface area contributed by atoms with Crippen LogP contribution in [0, 0.1) is 0 Å². The van der Waals surface area contributed by atoms with Crippen molar-refractivity contribution >= 4 is 28.2 Å². The van der Waals surface area contributed by atoms with Crippen LogP contribution in [0.25, 0.3) is 0 Å². The molecule has 1 aromatic carbocycles. The van der Waals surface area contributed by atoms with Gasteiger partial charge in [-0.3, -0.25) is 4.79 Å². The van der Waals surface area contributed by atoms with E-state index >= 15 is 0 Å². The Labute approximate surface area is 97.3 Å². The van der Waals surface area contributed by atoms with Crippen LogP contribution in [0.1, 0.15) is 10.4 Å². The summed E-state index contributed by atoms with van der Waals surface area (Å²) >= 11 is 5.34. The van der Waals surface area contributed by atoms with Gasteiger partial charge in [-0.15, -0.1) is 0 Å². The van der Waals surface area contributed by atoms with Gasteiger partial charge in [0.05, 0.1) is 18.1 Å². The first-order valence-corrected chi connectivity index (χ1v) is 4.95. The van der Waals surface area contributed by atoms with Gasteiger partial charge in [0, 0.05) is 11.3 Å². The number of nitrogens with zero attached hydrogens (tertiary/aromatic N) is 2. The average Bonchev–Trinajstić information content (AvgIpc) is 2.31. The number of hydrogen-bond donors (Lipinski definition) is 1. The van der Waals surface area contributed by atoms with E-state index in [-0.39, 0.29) is 0 Å². The Kier molecular flexibility index (Phi) is 3.12. The normalized spacial score (nSPS) is 9.81. The zero-order valence-electron chi connectivity index (χ0n) is 8.22. The van der Waals surface area contributed by atoms with E-state index in [0.29, 0.717) is 5.56 Å². The van der Waals surface area contributed by atoms with Gasteiger partial charge in [0.15, 0.2) is 0 Å². The summed E-state index contributed by atoms with van der Waals surface area (Å²) in [6.07, 6.45) is 4.78. The first-order valence-electron chi connectivity index (χ1n) is 4.57. The molecule has 4 nitrogen and oxygen atoms in total. The summed E-state index contributed by atoms with van der Waals surface area (Å²) in [5.41, 5.74) is 2.10. The van der Waals surface area contributed by atoms with Crippen molar-refractivity contribution in [1.82, 2.24) is 9.97 Å². The molecule has 0 aliphatic carbocycles. The second kappa shape index (κ2) is 4.72. The van der Waals surface area contributed by atoms with E-state index in [9.17, 15) is 4.79 Å². The number of anilines is 2. The van der Waals surface area contributed by atoms with E-state index in [1.807, 2.05) is 0 Å². The Morgan fingerprint density at radius 2 is 1.69 bits per heavy atom. The first kappa shape index (κ1) is 10.6. The lowest BCUT2D eigenvalue weighted by molar-refractivity contribution is 0.108. The number of halogens is 1. The van der Waals surface area contributed by atoms with Crippen LogP contribution in [0.15, 0.2) is 43.0 Å². The van der Waals surface area contributed by atoms with E-state index in [2.05, 4.69) is 15.3 Å². The van der Waals surface area contributed by atoms with Crippen molar-refractivity contribution in [3.63, 3.8) is 0 Å². The van der Waals surface area contributed by atoms with Crippen LogP contribution in [0.3, 0.4) is 0 Å². The molecular weight excluding hydrogens is 226 g/mol. The molecule has 5 heteroatoms. The molecule has 0 fully saturated rings. The van der Waals surface area contributed by atoms with Gasteiger partial charge in [0.1, 0.15) is 6.33 Å². The van der Waals surface area contributed by atoms with Crippen LogP contribution in [-0.4, -0.2) is 15.2 Å². The van der Waals surface area contributed by atoms with Gasteiger partial charge in [-0.2, -0.15) is 0 Å². The maximum atomic E-state index is 10.8. The Morgan fingerprint density at radius 1 is 1.06 bits per heavy atom. The third-order valence-corrected chi connectivity index (χ3v) is 2.18. The van der Waals surface area contributed by atoms with Crippen LogP contribution >= 0.6 is 11.6 Å². The molecule has 0 aliphatic heterocycles. The van der Waals surface area contributed by atoms with Crippen molar-refractivity contribution in [1.29, 1.82) is 0 Å². The molecule has 2 aromatic rings. The van der Waals surface area contributed by atoms with Crippen LogP contribution in [-0.2, 0) is 0 Å². The lowest BCUT2D eigenvalue weighted by Crippen LogP contribution is -1.93. The number of aromatic nitrogens is 2. The van der Waals surface area contributed by atoms with E-state index in [0.717, 1.165) is 11.4 Å². The van der Waals surface area contributed by atoms with E-state index in [1.165, 1.54) is 6.33 Å². The zero-order valence-corrected chi connectivity index (χ0v) is 8.98. The molecule has 0 saturated carbocycles. The molecule has 1 aromatic heterocycles. The molecule has 2 rings (SSSR count). The topological polar surface area (TPSA) is 54.9 Å². The van der Waals surface area contributed by atoms with Crippen LogP contribution in [0.5, 0.6) is 0 Å². The molecule has 16 heavy (non-hydrogen) atoms. The Balaban J connectivity index is 2.14. The van der Waals surface area contributed by atoms with E-state index < -0.39 is 5.24 Å². The fourth-order valence-corrected chi connectivity index (χ4v) is 1.34. The van der Waals surface area contributed by atoms with Crippen LogP contribution in [0.4, 0.5) is 11.4 Å². The second-order valence-electron chi connectivity index (χ2n) is 3.10. The summed E-state index contributed by atoms with van der Waals surface area (Å²) in [6, 6.07) is 6.84. The monoisotopic (exact) mass is 233 g/mol. The van der Waals surface area contributed by atoms with Crippen LogP contribution < -0.4 is 5.32 Å². The molecule has 0 spiro atoms. The van der Waals surface area contributed by atoms with E-state index in [1.54, 1.807) is 36.7 Å². The van der Waals surface area contributed by atoms with Crippen LogP contribution in [0.2, 0.25) is 0 Å². The molecule has 1 heterocycles. The highest BCUT2D eigenvalue weighted by Gasteiger charge is 2.00. The fraction of sp³-hybridized carbons (Fsp3) is 0.